The zero-order valence-corrected chi connectivity index (χ0v) is 14.2. The number of unbranched alkanes of at least 4 members (excludes halogenated alkanes) is 1. The van der Waals surface area contributed by atoms with Crippen LogP contribution in [-0.2, 0) is 4.79 Å². The van der Waals surface area contributed by atoms with Gasteiger partial charge in [-0.3, -0.25) is 4.79 Å². The van der Waals surface area contributed by atoms with Gasteiger partial charge in [0.15, 0.2) is 0 Å². The Morgan fingerprint density at radius 2 is 2.19 bits per heavy atom. The molecule has 5 heteroatoms. The molecule has 21 heavy (non-hydrogen) atoms. The molecule has 2 atom stereocenters. The molecule has 124 valence electrons. The fourth-order valence-electron chi connectivity index (χ4n) is 3.23. The van der Waals surface area contributed by atoms with Crippen LogP contribution in [0.5, 0.6) is 0 Å². The molecule has 2 unspecified atom stereocenters. The fourth-order valence-corrected chi connectivity index (χ4v) is 3.23. The van der Waals surface area contributed by atoms with E-state index in [9.17, 15) is 9.90 Å². The van der Waals surface area contributed by atoms with Crippen molar-refractivity contribution in [2.45, 2.75) is 45.1 Å². The van der Waals surface area contributed by atoms with Crippen molar-refractivity contribution in [1.82, 2.24) is 15.1 Å². The van der Waals surface area contributed by atoms with Crippen molar-refractivity contribution in [3.63, 3.8) is 0 Å². The lowest BCUT2D eigenvalue weighted by Gasteiger charge is -2.26. The molecule has 0 aromatic rings. The van der Waals surface area contributed by atoms with Gasteiger partial charge in [0.05, 0.1) is 0 Å². The summed E-state index contributed by atoms with van der Waals surface area (Å²) in [6.07, 6.45) is 4.01. The van der Waals surface area contributed by atoms with E-state index in [1.54, 1.807) is 6.92 Å². The molecule has 5 nitrogen and oxygen atoms in total. The van der Waals surface area contributed by atoms with Gasteiger partial charge >= 0.3 is 5.97 Å². The van der Waals surface area contributed by atoms with Gasteiger partial charge in [0.25, 0.3) is 0 Å². The van der Waals surface area contributed by atoms with Crippen molar-refractivity contribution < 1.29 is 9.90 Å². The number of nitrogens with one attached hydrogen (secondary N) is 1. The van der Waals surface area contributed by atoms with E-state index in [-0.39, 0.29) is 0 Å². The van der Waals surface area contributed by atoms with E-state index in [1.807, 2.05) is 6.92 Å². The third-order valence-electron chi connectivity index (χ3n) is 4.56. The van der Waals surface area contributed by atoms with Gasteiger partial charge in [0, 0.05) is 13.1 Å². The van der Waals surface area contributed by atoms with Crippen molar-refractivity contribution >= 4 is 5.97 Å². The van der Waals surface area contributed by atoms with Crippen LogP contribution >= 0.6 is 0 Å². The molecule has 0 spiro atoms. The molecule has 0 radical (unpaired) electrons. The summed E-state index contributed by atoms with van der Waals surface area (Å²) in [4.78, 5) is 16.1. The van der Waals surface area contributed by atoms with E-state index in [1.165, 1.54) is 19.5 Å². The highest BCUT2D eigenvalue weighted by Crippen LogP contribution is 2.17. The Morgan fingerprint density at radius 3 is 2.71 bits per heavy atom. The maximum absolute atomic E-state index is 11.3. The van der Waals surface area contributed by atoms with Crippen LogP contribution in [0, 0.1) is 5.92 Å². The molecule has 1 heterocycles. The molecular formula is C16H33N3O2. The lowest BCUT2D eigenvalue weighted by molar-refractivity contribution is -0.144. The maximum Gasteiger partial charge on any atom is 0.323 e. The Kier molecular flexibility index (Phi) is 7.63. The van der Waals surface area contributed by atoms with Crippen LogP contribution in [0.1, 0.15) is 39.5 Å². The smallest absolute Gasteiger partial charge is 0.323 e. The zero-order chi connectivity index (χ0) is 15.9. The minimum atomic E-state index is -0.776. The Balaban J connectivity index is 2.19. The average molecular weight is 299 g/mol. The van der Waals surface area contributed by atoms with E-state index in [0.717, 1.165) is 31.8 Å². The second kappa shape index (κ2) is 8.71. The number of likely N-dealkylation sites (tertiary alicyclic amines) is 1. The molecule has 0 aromatic carbocycles. The second-order valence-corrected chi connectivity index (χ2v) is 6.80. The Bertz CT molecular complexity index is 325. The van der Waals surface area contributed by atoms with Crippen LogP contribution in [0.3, 0.4) is 0 Å². The highest BCUT2D eigenvalue weighted by molar-refractivity contribution is 5.78. The van der Waals surface area contributed by atoms with Gasteiger partial charge in [-0.2, -0.15) is 0 Å². The van der Waals surface area contributed by atoms with Crippen LogP contribution in [0.2, 0.25) is 0 Å². The summed E-state index contributed by atoms with van der Waals surface area (Å²) in [6.45, 7) is 9.08. The topological polar surface area (TPSA) is 55.8 Å². The molecule has 0 saturated carbocycles. The summed E-state index contributed by atoms with van der Waals surface area (Å²) >= 11 is 0. The first kappa shape index (κ1) is 18.4. The van der Waals surface area contributed by atoms with E-state index in [2.05, 4.69) is 29.2 Å². The summed E-state index contributed by atoms with van der Waals surface area (Å²) in [5, 5.41) is 12.4. The molecule has 1 saturated heterocycles. The number of carboxylic acids is 1. The molecule has 0 aliphatic carbocycles. The van der Waals surface area contributed by atoms with Gasteiger partial charge in [0.2, 0.25) is 0 Å². The Morgan fingerprint density at radius 1 is 1.48 bits per heavy atom. The molecule has 1 aliphatic heterocycles. The number of carboxylic acid groups (broad SMARTS) is 1. The minimum Gasteiger partial charge on any atom is -0.480 e. The quantitative estimate of drug-likeness (QED) is 0.599. The SMILES string of the molecule is CCNC(C)(CCCCN(C)CC1CCN(C)C1)C(=O)O. The van der Waals surface area contributed by atoms with E-state index in [0.29, 0.717) is 13.0 Å². The van der Waals surface area contributed by atoms with Gasteiger partial charge < -0.3 is 20.2 Å². The molecule has 0 amide bonds. The monoisotopic (exact) mass is 299 g/mol. The largest absolute Gasteiger partial charge is 0.480 e. The first-order chi connectivity index (χ1) is 9.87. The van der Waals surface area contributed by atoms with Gasteiger partial charge in [-0.15, -0.1) is 0 Å². The first-order valence-electron chi connectivity index (χ1n) is 8.23. The van der Waals surface area contributed by atoms with Crippen LogP contribution < -0.4 is 5.32 Å². The first-order valence-corrected chi connectivity index (χ1v) is 8.23. The summed E-state index contributed by atoms with van der Waals surface area (Å²) in [7, 11) is 4.37. The van der Waals surface area contributed by atoms with Crippen molar-refractivity contribution in [2.24, 2.45) is 5.92 Å². The predicted octanol–water partition coefficient (Wildman–Crippen LogP) is 1.49. The molecule has 2 N–H and O–H groups in total. The summed E-state index contributed by atoms with van der Waals surface area (Å²) in [5.74, 6) is 0.0535. The third kappa shape index (κ3) is 6.32. The van der Waals surface area contributed by atoms with Gasteiger partial charge in [-0.25, -0.2) is 0 Å². The molecule has 1 fully saturated rings. The van der Waals surface area contributed by atoms with Crippen LogP contribution in [0.4, 0.5) is 0 Å². The summed E-state index contributed by atoms with van der Waals surface area (Å²) < 4.78 is 0. The van der Waals surface area contributed by atoms with Gasteiger partial charge in [-0.1, -0.05) is 6.92 Å². The van der Waals surface area contributed by atoms with Crippen LogP contribution in [0.15, 0.2) is 0 Å². The van der Waals surface area contributed by atoms with Crippen molar-refractivity contribution in [1.29, 1.82) is 0 Å². The van der Waals surface area contributed by atoms with E-state index in [4.69, 9.17) is 0 Å². The number of likely N-dealkylation sites (N-methyl/N-ethyl adjacent to an activating group) is 1. The Hall–Kier alpha value is -0.650. The highest BCUT2D eigenvalue weighted by atomic mass is 16.4. The van der Waals surface area contributed by atoms with Gasteiger partial charge in [-0.05, 0) is 72.3 Å². The molecule has 0 aromatic heterocycles. The lowest BCUT2D eigenvalue weighted by atomic mass is 9.94. The number of carbonyl (C=O) groups is 1. The van der Waals surface area contributed by atoms with Crippen molar-refractivity contribution in [3.05, 3.63) is 0 Å². The van der Waals surface area contributed by atoms with Crippen molar-refractivity contribution in [2.75, 3.05) is 46.8 Å². The molecule has 1 aliphatic rings. The fraction of sp³-hybridized carbons (Fsp3) is 0.938. The number of rotatable bonds is 10. The molecular weight excluding hydrogens is 266 g/mol. The number of nitrogens with zero attached hydrogens (tertiary/aromatic N) is 2. The number of hydrogen-bond acceptors (Lipinski definition) is 4. The van der Waals surface area contributed by atoms with Crippen LogP contribution in [0.25, 0.3) is 0 Å². The third-order valence-corrected chi connectivity index (χ3v) is 4.56. The standard InChI is InChI=1S/C16H33N3O2/c1-5-17-16(2,15(20)21)9-6-7-10-18(3)12-14-8-11-19(4)13-14/h14,17H,5-13H2,1-4H3,(H,20,21). The average Bonchev–Trinajstić information content (AvgIpc) is 2.80. The minimum absolute atomic E-state index is 0.691. The number of hydrogen-bond donors (Lipinski definition) is 2. The summed E-state index contributed by atoms with van der Waals surface area (Å²) in [6, 6.07) is 0. The predicted molar refractivity (Wildman–Crippen MR) is 86.7 cm³/mol. The Labute approximate surface area is 129 Å². The van der Waals surface area contributed by atoms with Gasteiger partial charge in [0.1, 0.15) is 5.54 Å². The maximum atomic E-state index is 11.3. The second-order valence-electron chi connectivity index (χ2n) is 6.80. The molecule has 1 rings (SSSR count). The molecule has 0 bridgehead atoms. The van der Waals surface area contributed by atoms with Crippen molar-refractivity contribution in [3.8, 4) is 0 Å². The number of aliphatic carboxylic acids is 1. The van der Waals surface area contributed by atoms with E-state index >= 15 is 0 Å². The zero-order valence-electron chi connectivity index (χ0n) is 14.2. The van der Waals surface area contributed by atoms with Crippen LogP contribution in [-0.4, -0.2) is 73.2 Å². The summed E-state index contributed by atoms with van der Waals surface area (Å²) in [5.41, 5.74) is -0.776. The lowest BCUT2D eigenvalue weighted by Crippen LogP contribution is -2.49. The van der Waals surface area contributed by atoms with E-state index < -0.39 is 11.5 Å². The normalized spacial score (nSPS) is 22.6. The highest BCUT2D eigenvalue weighted by Gasteiger charge is 2.31.